The molecule has 2 amide bonds. The van der Waals surface area contributed by atoms with Crippen molar-refractivity contribution in [3.8, 4) is 0 Å². The lowest BCUT2D eigenvalue weighted by molar-refractivity contribution is -0.138. The minimum atomic E-state index is -0.479. The summed E-state index contributed by atoms with van der Waals surface area (Å²) in [6, 6.07) is -0.479. The molecule has 1 aliphatic heterocycles. The lowest BCUT2D eigenvalue weighted by Crippen LogP contribution is -2.53. The van der Waals surface area contributed by atoms with Gasteiger partial charge in [-0.15, -0.1) is 0 Å². The summed E-state index contributed by atoms with van der Waals surface area (Å²) in [5.74, 6) is 0.180. The van der Waals surface area contributed by atoms with Crippen molar-refractivity contribution < 1.29 is 9.59 Å². The van der Waals surface area contributed by atoms with Crippen molar-refractivity contribution in [2.24, 2.45) is 17.1 Å². The van der Waals surface area contributed by atoms with Gasteiger partial charge in [0.15, 0.2) is 0 Å². The van der Waals surface area contributed by atoms with E-state index in [-0.39, 0.29) is 23.1 Å². The number of hydrogen-bond acceptors (Lipinski definition) is 3. The predicted octanol–water partition coefficient (Wildman–Crippen LogP) is 1.51. The third-order valence-electron chi connectivity index (χ3n) is 4.21. The SMILES string of the molecule is CCCCNC(=O)C1CCN(C(=O)C(N)C(C)(C)C)CC1. The molecule has 1 rings (SSSR count). The number of rotatable bonds is 5. The summed E-state index contributed by atoms with van der Waals surface area (Å²) in [6.45, 7) is 10.1. The fourth-order valence-corrected chi connectivity index (χ4v) is 2.46. The van der Waals surface area contributed by atoms with Crippen molar-refractivity contribution in [1.82, 2.24) is 10.2 Å². The lowest BCUT2D eigenvalue weighted by Gasteiger charge is -2.36. The number of likely N-dealkylation sites (tertiary alicyclic amines) is 1. The Morgan fingerprint density at radius 1 is 1.29 bits per heavy atom. The average Bonchev–Trinajstić information content (AvgIpc) is 2.45. The number of nitrogens with one attached hydrogen (secondary N) is 1. The number of unbranched alkanes of at least 4 members (excludes halogenated alkanes) is 1. The second-order valence-electron chi connectivity index (χ2n) is 7.09. The van der Waals surface area contributed by atoms with Crippen LogP contribution >= 0.6 is 0 Å². The van der Waals surface area contributed by atoms with Gasteiger partial charge in [-0.1, -0.05) is 34.1 Å². The van der Waals surface area contributed by atoms with Crippen molar-refractivity contribution in [2.45, 2.75) is 59.4 Å². The van der Waals surface area contributed by atoms with E-state index in [9.17, 15) is 9.59 Å². The molecule has 122 valence electrons. The zero-order valence-corrected chi connectivity index (χ0v) is 13.9. The largest absolute Gasteiger partial charge is 0.356 e. The zero-order chi connectivity index (χ0) is 16.0. The van der Waals surface area contributed by atoms with E-state index in [1.165, 1.54) is 0 Å². The van der Waals surface area contributed by atoms with Crippen LogP contribution in [0.1, 0.15) is 53.4 Å². The zero-order valence-electron chi connectivity index (χ0n) is 13.9. The highest BCUT2D eigenvalue weighted by Gasteiger charge is 2.34. The summed E-state index contributed by atoms with van der Waals surface area (Å²) >= 11 is 0. The van der Waals surface area contributed by atoms with Crippen LogP contribution in [0.2, 0.25) is 0 Å². The van der Waals surface area contributed by atoms with Gasteiger partial charge in [-0.05, 0) is 24.7 Å². The summed E-state index contributed by atoms with van der Waals surface area (Å²) in [5.41, 5.74) is 5.80. The molecule has 0 aromatic heterocycles. The fourth-order valence-electron chi connectivity index (χ4n) is 2.46. The van der Waals surface area contributed by atoms with Gasteiger partial charge in [0.1, 0.15) is 0 Å². The molecule has 0 bridgehead atoms. The summed E-state index contributed by atoms with van der Waals surface area (Å²) in [5, 5.41) is 2.98. The number of nitrogens with two attached hydrogens (primary N) is 1. The van der Waals surface area contributed by atoms with Gasteiger partial charge in [0, 0.05) is 25.6 Å². The van der Waals surface area contributed by atoms with E-state index in [0.29, 0.717) is 13.1 Å². The Balaban J connectivity index is 2.41. The highest BCUT2D eigenvalue weighted by atomic mass is 16.2. The van der Waals surface area contributed by atoms with E-state index in [1.54, 1.807) is 0 Å². The summed E-state index contributed by atoms with van der Waals surface area (Å²) in [6.07, 6.45) is 3.57. The monoisotopic (exact) mass is 297 g/mol. The smallest absolute Gasteiger partial charge is 0.240 e. The van der Waals surface area contributed by atoms with Gasteiger partial charge in [-0.2, -0.15) is 0 Å². The maximum absolute atomic E-state index is 12.3. The first-order valence-corrected chi connectivity index (χ1v) is 8.09. The summed E-state index contributed by atoms with van der Waals surface area (Å²) < 4.78 is 0. The molecule has 0 saturated carbocycles. The van der Waals surface area contributed by atoms with E-state index in [4.69, 9.17) is 5.73 Å². The van der Waals surface area contributed by atoms with Crippen molar-refractivity contribution >= 4 is 11.8 Å². The van der Waals surface area contributed by atoms with Crippen molar-refractivity contribution in [2.75, 3.05) is 19.6 Å². The summed E-state index contributed by atoms with van der Waals surface area (Å²) in [7, 11) is 0. The molecule has 0 aliphatic carbocycles. The van der Waals surface area contributed by atoms with Crippen molar-refractivity contribution in [3.63, 3.8) is 0 Å². The average molecular weight is 297 g/mol. The first-order chi connectivity index (χ1) is 9.77. The molecule has 0 aromatic rings. The standard InChI is InChI=1S/C16H31N3O2/c1-5-6-9-18-14(20)12-7-10-19(11-8-12)15(21)13(17)16(2,3)4/h12-13H,5-11,17H2,1-4H3,(H,18,20). The minimum absolute atomic E-state index is 0.00680. The third-order valence-corrected chi connectivity index (χ3v) is 4.21. The number of carbonyl (C=O) groups is 2. The molecule has 21 heavy (non-hydrogen) atoms. The van der Waals surface area contributed by atoms with Crippen LogP contribution in [0.5, 0.6) is 0 Å². The highest BCUT2D eigenvalue weighted by Crippen LogP contribution is 2.23. The van der Waals surface area contributed by atoms with Gasteiger partial charge >= 0.3 is 0 Å². The quantitative estimate of drug-likeness (QED) is 0.755. The molecule has 0 radical (unpaired) electrons. The molecule has 1 fully saturated rings. The van der Waals surface area contributed by atoms with E-state index in [1.807, 2.05) is 25.7 Å². The van der Waals surface area contributed by atoms with Crippen LogP contribution in [0, 0.1) is 11.3 Å². The Hall–Kier alpha value is -1.10. The lowest BCUT2D eigenvalue weighted by atomic mass is 9.85. The molecule has 1 saturated heterocycles. The normalized spacial score (nSPS) is 18.4. The van der Waals surface area contributed by atoms with Gasteiger partial charge in [-0.25, -0.2) is 0 Å². The molecule has 3 N–H and O–H groups in total. The number of nitrogens with zero attached hydrogens (tertiary/aromatic N) is 1. The van der Waals surface area contributed by atoms with Gasteiger partial charge in [0.25, 0.3) is 0 Å². The molecule has 1 atom stereocenters. The van der Waals surface area contributed by atoms with Gasteiger partial charge < -0.3 is 16.0 Å². The van der Waals surface area contributed by atoms with Crippen LogP contribution in [0.3, 0.4) is 0 Å². The van der Waals surface area contributed by atoms with E-state index in [2.05, 4.69) is 12.2 Å². The second kappa shape index (κ2) is 7.78. The topological polar surface area (TPSA) is 75.4 Å². The number of carbonyl (C=O) groups excluding carboxylic acids is 2. The first-order valence-electron chi connectivity index (χ1n) is 8.09. The molecule has 1 unspecified atom stereocenters. The van der Waals surface area contributed by atoms with E-state index >= 15 is 0 Å². The Morgan fingerprint density at radius 2 is 1.86 bits per heavy atom. The van der Waals surface area contributed by atoms with Crippen LogP contribution in [-0.2, 0) is 9.59 Å². The number of piperidine rings is 1. The van der Waals surface area contributed by atoms with E-state index in [0.717, 1.165) is 32.2 Å². The predicted molar refractivity (Wildman–Crippen MR) is 84.7 cm³/mol. The number of amides is 2. The van der Waals surface area contributed by atoms with Crippen molar-refractivity contribution in [1.29, 1.82) is 0 Å². The fraction of sp³-hybridized carbons (Fsp3) is 0.875. The second-order valence-corrected chi connectivity index (χ2v) is 7.09. The molecular weight excluding hydrogens is 266 g/mol. The Bertz CT molecular complexity index is 355. The molecule has 5 heteroatoms. The maximum atomic E-state index is 12.3. The Morgan fingerprint density at radius 3 is 2.33 bits per heavy atom. The molecule has 1 aliphatic rings. The highest BCUT2D eigenvalue weighted by molar-refractivity contribution is 5.83. The molecule has 0 spiro atoms. The van der Waals surface area contributed by atoms with Gasteiger partial charge in [0.05, 0.1) is 6.04 Å². The molecule has 1 heterocycles. The van der Waals surface area contributed by atoms with Crippen LogP contribution in [-0.4, -0.2) is 42.4 Å². The maximum Gasteiger partial charge on any atom is 0.240 e. The number of hydrogen-bond donors (Lipinski definition) is 2. The van der Waals surface area contributed by atoms with Gasteiger partial charge in [-0.3, -0.25) is 9.59 Å². The Labute approximate surface area is 128 Å². The van der Waals surface area contributed by atoms with E-state index < -0.39 is 6.04 Å². The summed E-state index contributed by atoms with van der Waals surface area (Å²) in [4.78, 5) is 26.1. The minimum Gasteiger partial charge on any atom is -0.356 e. The van der Waals surface area contributed by atoms with Crippen LogP contribution < -0.4 is 11.1 Å². The third kappa shape index (κ3) is 5.30. The van der Waals surface area contributed by atoms with Crippen molar-refractivity contribution in [3.05, 3.63) is 0 Å². The van der Waals surface area contributed by atoms with Crippen LogP contribution in [0.4, 0.5) is 0 Å². The molecular formula is C16H31N3O2. The van der Waals surface area contributed by atoms with Crippen LogP contribution in [0.15, 0.2) is 0 Å². The van der Waals surface area contributed by atoms with Gasteiger partial charge in [0.2, 0.25) is 11.8 Å². The van der Waals surface area contributed by atoms with Crippen LogP contribution in [0.25, 0.3) is 0 Å². The Kier molecular flexibility index (Phi) is 6.65. The first kappa shape index (κ1) is 18.0. The molecule has 5 nitrogen and oxygen atoms in total. The molecule has 0 aromatic carbocycles.